The zero-order chi connectivity index (χ0) is 20.4. The molecule has 0 N–H and O–H groups in total. The molecule has 0 aliphatic heterocycles. The van der Waals surface area contributed by atoms with E-state index in [9.17, 15) is 9.59 Å². The van der Waals surface area contributed by atoms with E-state index < -0.39 is 18.0 Å². The Morgan fingerprint density at radius 3 is 2.22 bits per heavy atom. The molecule has 0 heterocycles. The number of hydrogen-bond acceptors (Lipinski definition) is 6. The first-order valence-electron chi connectivity index (χ1n) is 8.79. The third-order valence-corrected chi connectivity index (χ3v) is 4.12. The van der Waals surface area contributed by atoms with Crippen LogP contribution in [-0.4, -0.2) is 32.8 Å². The lowest BCUT2D eigenvalue weighted by molar-refractivity contribution is -0.146. The van der Waals surface area contributed by atoms with Gasteiger partial charge in [0, 0.05) is 5.57 Å². The van der Waals surface area contributed by atoms with Crippen molar-refractivity contribution in [3.63, 3.8) is 0 Å². The molecule has 1 rings (SSSR count). The molecule has 0 saturated carbocycles. The molecule has 0 unspecified atom stereocenters. The second-order valence-electron chi connectivity index (χ2n) is 5.78. The van der Waals surface area contributed by atoms with Crippen LogP contribution < -0.4 is 9.47 Å². The van der Waals surface area contributed by atoms with Crippen LogP contribution in [0.2, 0.25) is 0 Å². The van der Waals surface area contributed by atoms with Gasteiger partial charge >= 0.3 is 11.9 Å². The Bertz CT molecular complexity index is 717. The van der Waals surface area contributed by atoms with Crippen LogP contribution in [0.5, 0.6) is 11.5 Å². The van der Waals surface area contributed by atoms with Gasteiger partial charge in [0.15, 0.2) is 11.5 Å². The topological polar surface area (TPSA) is 71.1 Å². The molecule has 27 heavy (non-hydrogen) atoms. The summed E-state index contributed by atoms with van der Waals surface area (Å²) in [5, 5.41) is 0. The van der Waals surface area contributed by atoms with Gasteiger partial charge in [0.2, 0.25) is 0 Å². The van der Waals surface area contributed by atoms with Gasteiger partial charge < -0.3 is 18.9 Å². The first-order valence-corrected chi connectivity index (χ1v) is 8.79. The minimum absolute atomic E-state index is 0.137. The predicted molar refractivity (Wildman–Crippen MR) is 103 cm³/mol. The van der Waals surface area contributed by atoms with E-state index in [1.165, 1.54) is 0 Å². The summed E-state index contributed by atoms with van der Waals surface area (Å²) in [5.41, 5.74) is 1.56. The summed E-state index contributed by atoms with van der Waals surface area (Å²) in [5.74, 6) is 0.177. The van der Waals surface area contributed by atoms with Gasteiger partial charge in [-0.25, -0.2) is 9.59 Å². The van der Waals surface area contributed by atoms with Gasteiger partial charge in [-0.1, -0.05) is 25.1 Å². The second-order valence-corrected chi connectivity index (χ2v) is 5.78. The van der Waals surface area contributed by atoms with Gasteiger partial charge in [-0.05, 0) is 44.9 Å². The summed E-state index contributed by atoms with van der Waals surface area (Å²) >= 11 is 0. The summed E-state index contributed by atoms with van der Waals surface area (Å²) in [6.45, 7) is 6.88. The van der Waals surface area contributed by atoms with Gasteiger partial charge in [0.25, 0.3) is 0 Å². The van der Waals surface area contributed by atoms with Crippen molar-refractivity contribution in [1.82, 2.24) is 0 Å². The fraction of sp³-hybridized carbons (Fsp3) is 0.429. The molecule has 1 atom stereocenters. The SMILES string of the molecule is CC=C(C)C(=O)OCC(=CC)C(=O)O[C@H](CC)c1ccc(OC)c(OC)c1. The summed E-state index contributed by atoms with van der Waals surface area (Å²) in [6.07, 6.45) is 3.36. The molecule has 1 aromatic rings. The van der Waals surface area contributed by atoms with Gasteiger partial charge in [-0.3, -0.25) is 0 Å². The van der Waals surface area contributed by atoms with Crippen molar-refractivity contribution < 1.29 is 28.5 Å². The highest BCUT2D eigenvalue weighted by molar-refractivity contribution is 5.91. The van der Waals surface area contributed by atoms with Crippen LogP contribution in [0.15, 0.2) is 41.5 Å². The van der Waals surface area contributed by atoms with Crippen LogP contribution in [0.25, 0.3) is 0 Å². The average molecular weight is 376 g/mol. The maximum absolute atomic E-state index is 12.5. The van der Waals surface area contributed by atoms with Crippen LogP contribution in [0.3, 0.4) is 0 Å². The van der Waals surface area contributed by atoms with E-state index in [1.807, 2.05) is 13.0 Å². The minimum atomic E-state index is -0.523. The van der Waals surface area contributed by atoms with Gasteiger partial charge in [0.1, 0.15) is 12.7 Å². The number of ether oxygens (including phenoxy) is 4. The third-order valence-electron chi connectivity index (χ3n) is 4.12. The molecule has 0 aromatic heterocycles. The van der Waals surface area contributed by atoms with Crippen molar-refractivity contribution in [2.45, 2.75) is 40.2 Å². The highest BCUT2D eigenvalue weighted by Gasteiger charge is 2.20. The van der Waals surface area contributed by atoms with Crippen molar-refractivity contribution in [2.75, 3.05) is 20.8 Å². The fourth-order valence-corrected chi connectivity index (χ4v) is 2.28. The van der Waals surface area contributed by atoms with E-state index in [2.05, 4.69) is 0 Å². The lowest BCUT2D eigenvalue weighted by Gasteiger charge is -2.19. The Kier molecular flexibility index (Phi) is 9.13. The molecule has 148 valence electrons. The van der Waals surface area contributed by atoms with E-state index in [4.69, 9.17) is 18.9 Å². The predicted octanol–water partition coefficient (Wildman–Crippen LogP) is 4.15. The number of carbonyl (C=O) groups excluding carboxylic acids is 2. The Morgan fingerprint density at radius 2 is 1.70 bits per heavy atom. The first kappa shape index (κ1) is 22.3. The number of carbonyl (C=O) groups is 2. The van der Waals surface area contributed by atoms with Crippen LogP contribution in [0.4, 0.5) is 0 Å². The molecule has 6 heteroatoms. The fourth-order valence-electron chi connectivity index (χ4n) is 2.28. The monoisotopic (exact) mass is 376 g/mol. The molecular formula is C21H28O6. The van der Waals surface area contributed by atoms with Gasteiger partial charge in [0.05, 0.1) is 19.8 Å². The first-order chi connectivity index (χ1) is 12.9. The average Bonchev–Trinajstić information content (AvgIpc) is 2.70. The van der Waals surface area contributed by atoms with Crippen molar-refractivity contribution in [2.24, 2.45) is 0 Å². The lowest BCUT2D eigenvalue weighted by Crippen LogP contribution is -2.18. The number of esters is 2. The highest BCUT2D eigenvalue weighted by Crippen LogP contribution is 2.32. The van der Waals surface area contributed by atoms with E-state index >= 15 is 0 Å². The van der Waals surface area contributed by atoms with Crippen LogP contribution in [0.1, 0.15) is 45.8 Å². The Morgan fingerprint density at radius 1 is 1.04 bits per heavy atom. The molecule has 0 bridgehead atoms. The van der Waals surface area contributed by atoms with Crippen LogP contribution in [0, 0.1) is 0 Å². The molecular weight excluding hydrogens is 348 g/mol. The number of hydrogen-bond donors (Lipinski definition) is 0. The summed E-state index contributed by atoms with van der Waals surface area (Å²) in [7, 11) is 3.11. The summed E-state index contributed by atoms with van der Waals surface area (Å²) in [4.78, 5) is 24.2. The van der Waals surface area contributed by atoms with Crippen molar-refractivity contribution in [1.29, 1.82) is 0 Å². The zero-order valence-electron chi connectivity index (χ0n) is 16.8. The number of benzene rings is 1. The second kappa shape index (κ2) is 11.1. The van der Waals surface area contributed by atoms with Crippen LogP contribution >= 0.6 is 0 Å². The highest BCUT2D eigenvalue weighted by atomic mass is 16.6. The smallest absolute Gasteiger partial charge is 0.337 e. The molecule has 0 fully saturated rings. The molecule has 0 amide bonds. The quantitative estimate of drug-likeness (QED) is 0.476. The van der Waals surface area contributed by atoms with E-state index in [1.54, 1.807) is 59.3 Å². The molecule has 0 saturated heterocycles. The normalized spacial score (nSPS) is 13.0. The lowest BCUT2D eigenvalue weighted by atomic mass is 10.1. The minimum Gasteiger partial charge on any atom is -0.493 e. The van der Waals surface area contributed by atoms with Gasteiger partial charge in [-0.15, -0.1) is 0 Å². The molecule has 6 nitrogen and oxygen atoms in total. The maximum atomic E-state index is 12.5. The Labute approximate surface area is 160 Å². The van der Waals surface area contributed by atoms with E-state index in [0.29, 0.717) is 23.5 Å². The molecule has 0 radical (unpaired) electrons. The molecule has 0 spiro atoms. The number of allylic oxidation sites excluding steroid dienone is 2. The van der Waals surface area contributed by atoms with Crippen molar-refractivity contribution in [3.8, 4) is 11.5 Å². The zero-order valence-corrected chi connectivity index (χ0v) is 16.8. The Hall–Kier alpha value is -2.76. The standard InChI is InChI=1S/C21H28O6/c1-7-14(4)20(22)26-13-15(8-2)21(23)27-17(9-3)16-10-11-18(24-5)19(12-16)25-6/h7-8,10-12,17H,9,13H2,1-6H3/t17-/m1/s1. The Balaban J connectivity index is 2.86. The van der Waals surface area contributed by atoms with Crippen molar-refractivity contribution in [3.05, 3.63) is 47.1 Å². The van der Waals surface area contributed by atoms with Crippen molar-refractivity contribution >= 4 is 11.9 Å². The molecule has 0 aliphatic rings. The van der Waals surface area contributed by atoms with Gasteiger partial charge in [-0.2, -0.15) is 0 Å². The summed E-state index contributed by atoms with van der Waals surface area (Å²) < 4.78 is 21.3. The summed E-state index contributed by atoms with van der Waals surface area (Å²) in [6, 6.07) is 5.38. The molecule has 1 aromatic carbocycles. The number of methoxy groups -OCH3 is 2. The van der Waals surface area contributed by atoms with E-state index in [-0.39, 0.29) is 12.2 Å². The van der Waals surface area contributed by atoms with Crippen LogP contribution in [-0.2, 0) is 19.1 Å². The maximum Gasteiger partial charge on any atom is 0.337 e. The third kappa shape index (κ3) is 6.16. The molecule has 0 aliphatic carbocycles. The van der Waals surface area contributed by atoms with E-state index in [0.717, 1.165) is 5.56 Å². The largest absolute Gasteiger partial charge is 0.493 e. The number of rotatable bonds is 9.